The van der Waals surface area contributed by atoms with Gasteiger partial charge in [-0.15, -0.1) is 10.2 Å². The predicted molar refractivity (Wildman–Crippen MR) is 98.5 cm³/mol. The van der Waals surface area contributed by atoms with E-state index in [9.17, 15) is 14.0 Å². The van der Waals surface area contributed by atoms with Gasteiger partial charge in [0.1, 0.15) is 11.6 Å². The molecule has 1 N–H and O–H groups in total. The summed E-state index contributed by atoms with van der Waals surface area (Å²) in [6.07, 6.45) is -0.0849. The number of halogens is 1. The van der Waals surface area contributed by atoms with Gasteiger partial charge in [-0.2, -0.15) is 0 Å². The molecule has 0 spiro atoms. The average molecular weight is 397 g/mol. The van der Waals surface area contributed by atoms with Gasteiger partial charge >= 0.3 is 5.97 Å². The quantitative estimate of drug-likeness (QED) is 0.660. The van der Waals surface area contributed by atoms with E-state index in [4.69, 9.17) is 13.9 Å². The molecule has 29 heavy (non-hydrogen) atoms. The summed E-state index contributed by atoms with van der Waals surface area (Å²) in [4.78, 5) is 24.4. The largest absolute Gasteiger partial charge is 0.497 e. The lowest BCUT2D eigenvalue weighted by atomic mass is 9.90. The van der Waals surface area contributed by atoms with Gasteiger partial charge in [0.15, 0.2) is 6.61 Å². The summed E-state index contributed by atoms with van der Waals surface area (Å²) in [5, 5.41) is 10.4. The third-order valence-corrected chi connectivity index (χ3v) is 4.48. The molecule has 8 nitrogen and oxygen atoms in total. The average Bonchev–Trinajstić information content (AvgIpc) is 3.20. The van der Waals surface area contributed by atoms with Crippen LogP contribution in [0.5, 0.6) is 5.75 Å². The number of carbonyl (C=O) groups excluding carboxylic acids is 2. The van der Waals surface area contributed by atoms with Crippen LogP contribution in [-0.2, 0) is 20.9 Å². The standard InChI is InChI=1S/C20H16FN3O5/c1-27-13-5-2-11(3-6-13)19-24-23-18(29-19)10-28-20(26)15-9-17(25)22-16-8-12(21)4-7-14(15)16/h2-8,15H,9-10H2,1H3,(H,22,25)/t15-/m1/s1. The molecule has 0 aliphatic carbocycles. The minimum Gasteiger partial charge on any atom is -0.497 e. The highest BCUT2D eigenvalue weighted by atomic mass is 19.1. The number of amides is 1. The highest BCUT2D eigenvalue weighted by Crippen LogP contribution is 2.33. The molecule has 2 aromatic carbocycles. The van der Waals surface area contributed by atoms with Crippen LogP contribution in [0.2, 0.25) is 0 Å². The second kappa shape index (κ2) is 7.70. The molecular weight excluding hydrogens is 381 g/mol. The van der Waals surface area contributed by atoms with Crippen molar-refractivity contribution in [3.05, 3.63) is 59.7 Å². The van der Waals surface area contributed by atoms with Crippen molar-refractivity contribution in [3.63, 3.8) is 0 Å². The van der Waals surface area contributed by atoms with Crippen LogP contribution in [-0.4, -0.2) is 29.2 Å². The molecule has 0 unspecified atom stereocenters. The molecule has 0 fully saturated rings. The van der Waals surface area contributed by atoms with Crippen molar-refractivity contribution in [2.24, 2.45) is 0 Å². The fourth-order valence-electron chi connectivity index (χ4n) is 3.04. The zero-order valence-electron chi connectivity index (χ0n) is 15.3. The maximum absolute atomic E-state index is 13.4. The number of hydrogen-bond donors (Lipinski definition) is 1. The third-order valence-electron chi connectivity index (χ3n) is 4.48. The molecule has 0 saturated heterocycles. The maximum Gasteiger partial charge on any atom is 0.314 e. The van der Waals surface area contributed by atoms with Crippen LogP contribution >= 0.6 is 0 Å². The SMILES string of the molecule is COc1ccc(-c2nnc(COC(=O)[C@@H]3CC(=O)Nc4cc(F)ccc43)o2)cc1. The van der Waals surface area contributed by atoms with Crippen molar-refractivity contribution in [1.29, 1.82) is 0 Å². The number of carbonyl (C=O) groups is 2. The fourth-order valence-corrected chi connectivity index (χ4v) is 3.04. The summed E-state index contributed by atoms with van der Waals surface area (Å²) in [5.41, 5.74) is 1.46. The van der Waals surface area contributed by atoms with Gasteiger partial charge in [-0.1, -0.05) is 6.07 Å². The van der Waals surface area contributed by atoms with Gasteiger partial charge in [0.2, 0.25) is 11.8 Å². The number of aromatic nitrogens is 2. The Kier molecular flexibility index (Phi) is 4.94. The molecule has 1 aromatic heterocycles. The van der Waals surface area contributed by atoms with Crippen LogP contribution in [0.3, 0.4) is 0 Å². The van der Waals surface area contributed by atoms with Crippen LogP contribution in [0.4, 0.5) is 10.1 Å². The lowest BCUT2D eigenvalue weighted by molar-refractivity contribution is -0.148. The number of esters is 1. The molecule has 1 atom stereocenters. The van der Waals surface area contributed by atoms with Gasteiger partial charge in [0, 0.05) is 17.7 Å². The van der Waals surface area contributed by atoms with Gasteiger partial charge in [0.05, 0.1) is 13.0 Å². The zero-order chi connectivity index (χ0) is 20.4. The monoisotopic (exact) mass is 397 g/mol. The third kappa shape index (κ3) is 3.93. The molecule has 1 amide bonds. The lowest BCUT2D eigenvalue weighted by Gasteiger charge is -2.23. The van der Waals surface area contributed by atoms with Gasteiger partial charge in [-0.25, -0.2) is 4.39 Å². The molecule has 0 radical (unpaired) electrons. The topological polar surface area (TPSA) is 104 Å². The number of methoxy groups -OCH3 is 1. The second-order valence-electron chi connectivity index (χ2n) is 6.37. The first-order valence-corrected chi connectivity index (χ1v) is 8.76. The predicted octanol–water partition coefficient (Wildman–Crippen LogP) is 3.05. The highest BCUT2D eigenvalue weighted by molar-refractivity contribution is 5.99. The number of nitrogens with one attached hydrogen (secondary N) is 1. The van der Waals surface area contributed by atoms with Gasteiger partial charge < -0.3 is 19.2 Å². The van der Waals surface area contributed by atoms with Crippen molar-refractivity contribution < 1.29 is 27.9 Å². The second-order valence-corrected chi connectivity index (χ2v) is 6.37. The first-order chi connectivity index (χ1) is 14.0. The Morgan fingerprint density at radius 3 is 2.79 bits per heavy atom. The fraction of sp³-hybridized carbons (Fsp3) is 0.200. The lowest BCUT2D eigenvalue weighted by Crippen LogP contribution is -2.28. The van der Waals surface area contributed by atoms with Crippen LogP contribution in [0.15, 0.2) is 46.9 Å². The van der Waals surface area contributed by atoms with Crippen molar-refractivity contribution in [3.8, 4) is 17.2 Å². The number of ether oxygens (including phenoxy) is 2. The van der Waals surface area contributed by atoms with Gasteiger partial charge in [-0.3, -0.25) is 9.59 Å². The van der Waals surface area contributed by atoms with Gasteiger partial charge in [0.25, 0.3) is 5.89 Å². The summed E-state index contributed by atoms with van der Waals surface area (Å²) >= 11 is 0. The smallest absolute Gasteiger partial charge is 0.314 e. The summed E-state index contributed by atoms with van der Waals surface area (Å²) < 4.78 is 29.3. The van der Waals surface area contributed by atoms with E-state index in [2.05, 4.69) is 15.5 Å². The molecular formula is C20H16FN3O5. The van der Waals surface area contributed by atoms with Crippen molar-refractivity contribution >= 4 is 17.6 Å². The van der Waals surface area contributed by atoms with Crippen LogP contribution in [0.25, 0.3) is 11.5 Å². The van der Waals surface area contributed by atoms with E-state index in [-0.39, 0.29) is 36.4 Å². The summed E-state index contributed by atoms with van der Waals surface area (Å²) in [7, 11) is 1.57. The Labute approximate surface area is 164 Å². The minimum atomic E-state index is -0.830. The van der Waals surface area contributed by atoms with E-state index in [0.717, 1.165) is 0 Å². The zero-order valence-corrected chi connectivity index (χ0v) is 15.3. The summed E-state index contributed by atoms with van der Waals surface area (Å²) in [6.45, 7) is -0.239. The number of hydrogen-bond acceptors (Lipinski definition) is 7. The summed E-state index contributed by atoms with van der Waals surface area (Å²) in [6, 6.07) is 10.9. The van der Waals surface area contributed by atoms with Crippen molar-refractivity contribution in [1.82, 2.24) is 10.2 Å². The van der Waals surface area contributed by atoms with Crippen molar-refractivity contribution in [2.45, 2.75) is 18.9 Å². The minimum absolute atomic E-state index is 0.0849. The van der Waals surface area contributed by atoms with E-state index in [1.807, 2.05) is 0 Å². The van der Waals surface area contributed by atoms with Crippen LogP contribution < -0.4 is 10.1 Å². The van der Waals surface area contributed by atoms with E-state index in [0.29, 0.717) is 16.9 Å². The molecule has 0 saturated carbocycles. The van der Waals surface area contributed by atoms with E-state index in [1.165, 1.54) is 18.2 Å². The number of nitrogens with zero attached hydrogens (tertiary/aromatic N) is 2. The molecule has 2 heterocycles. The first-order valence-electron chi connectivity index (χ1n) is 8.76. The van der Waals surface area contributed by atoms with Crippen molar-refractivity contribution in [2.75, 3.05) is 12.4 Å². The summed E-state index contributed by atoms with van der Waals surface area (Å²) in [5.74, 6) is -1.26. The van der Waals surface area contributed by atoms with Crippen LogP contribution in [0, 0.1) is 5.82 Å². The molecule has 9 heteroatoms. The molecule has 1 aliphatic heterocycles. The van der Waals surface area contributed by atoms with E-state index < -0.39 is 17.7 Å². The number of anilines is 1. The first kappa shape index (κ1) is 18.6. The van der Waals surface area contributed by atoms with E-state index >= 15 is 0 Å². The Morgan fingerprint density at radius 1 is 1.24 bits per heavy atom. The Morgan fingerprint density at radius 2 is 2.03 bits per heavy atom. The molecule has 148 valence electrons. The number of rotatable bonds is 5. The molecule has 4 rings (SSSR count). The van der Waals surface area contributed by atoms with Crippen LogP contribution in [0.1, 0.15) is 23.8 Å². The number of fused-ring (bicyclic) bond motifs is 1. The molecule has 0 bridgehead atoms. The highest BCUT2D eigenvalue weighted by Gasteiger charge is 2.32. The maximum atomic E-state index is 13.4. The molecule has 1 aliphatic rings. The van der Waals surface area contributed by atoms with Gasteiger partial charge in [-0.05, 0) is 42.0 Å². The normalized spacial score (nSPS) is 15.4. The molecule has 3 aromatic rings. The number of benzene rings is 2. The van der Waals surface area contributed by atoms with E-state index in [1.54, 1.807) is 31.4 Å². The Bertz CT molecular complexity index is 1060. The Balaban J connectivity index is 1.44. The Hall–Kier alpha value is -3.75.